The van der Waals surface area contributed by atoms with E-state index in [0.717, 1.165) is 40.2 Å². The molecule has 0 aliphatic carbocycles. The van der Waals surface area contributed by atoms with Gasteiger partial charge in [0.05, 0.1) is 10.6 Å². The third kappa shape index (κ3) is 2.65. The Balaban J connectivity index is 1.90. The maximum absolute atomic E-state index is 12.7. The molecule has 1 unspecified atom stereocenters. The van der Waals surface area contributed by atoms with Crippen molar-refractivity contribution in [3.63, 3.8) is 0 Å². The lowest BCUT2D eigenvalue weighted by molar-refractivity contribution is 0.0625. The highest BCUT2D eigenvalue weighted by molar-refractivity contribution is 7.20. The number of nitrogens with zero attached hydrogens (tertiary/aromatic N) is 3. The summed E-state index contributed by atoms with van der Waals surface area (Å²) in [7, 11) is 1.93. The van der Waals surface area contributed by atoms with Crippen LogP contribution in [0.2, 0.25) is 0 Å². The van der Waals surface area contributed by atoms with Crippen LogP contribution in [0.1, 0.15) is 48.0 Å². The summed E-state index contributed by atoms with van der Waals surface area (Å²) in [5, 5.41) is 15.0. The molecule has 6 heteroatoms. The van der Waals surface area contributed by atoms with E-state index in [1.54, 1.807) is 0 Å². The fourth-order valence-corrected chi connectivity index (χ4v) is 4.20. The summed E-state index contributed by atoms with van der Waals surface area (Å²) in [6, 6.07) is 1.99. The van der Waals surface area contributed by atoms with Gasteiger partial charge in [-0.2, -0.15) is 5.10 Å². The number of aliphatic hydroxyl groups excluding tert-OH is 1. The van der Waals surface area contributed by atoms with Crippen molar-refractivity contribution in [2.75, 3.05) is 19.7 Å². The van der Waals surface area contributed by atoms with E-state index in [0.29, 0.717) is 12.5 Å². The van der Waals surface area contributed by atoms with Crippen LogP contribution in [-0.2, 0) is 7.05 Å². The van der Waals surface area contributed by atoms with E-state index in [1.807, 2.05) is 22.7 Å². The van der Waals surface area contributed by atoms with E-state index in [-0.39, 0.29) is 18.4 Å². The van der Waals surface area contributed by atoms with Crippen molar-refractivity contribution in [3.8, 4) is 0 Å². The van der Waals surface area contributed by atoms with Gasteiger partial charge >= 0.3 is 0 Å². The fraction of sp³-hybridized carbons (Fsp3) is 0.625. The number of aryl methyl sites for hydroxylation is 1. The summed E-state index contributed by atoms with van der Waals surface area (Å²) in [6.45, 7) is 5.87. The number of aliphatic hydroxyl groups is 1. The second-order valence-corrected chi connectivity index (χ2v) is 7.47. The summed E-state index contributed by atoms with van der Waals surface area (Å²) in [6.07, 6.45) is 1.98. The van der Waals surface area contributed by atoms with Crippen LogP contribution in [0.25, 0.3) is 10.2 Å². The largest absolute Gasteiger partial charge is 0.396 e. The van der Waals surface area contributed by atoms with Gasteiger partial charge in [0.2, 0.25) is 0 Å². The Morgan fingerprint density at radius 3 is 3.00 bits per heavy atom. The molecule has 0 radical (unpaired) electrons. The van der Waals surface area contributed by atoms with Crippen LogP contribution in [0, 0.1) is 5.92 Å². The normalized spacial score (nSPS) is 19.3. The van der Waals surface area contributed by atoms with E-state index in [1.165, 1.54) is 11.3 Å². The molecule has 1 N–H and O–H groups in total. The Labute approximate surface area is 134 Å². The number of amides is 1. The molecule has 3 heterocycles. The number of hydrogen-bond acceptors (Lipinski definition) is 4. The summed E-state index contributed by atoms with van der Waals surface area (Å²) in [4.78, 5) is 16.5. The zero-order chi connectivity index (χ0) is 15.9. The molecule has 0 saturated carbocycles. The Morgan fingerprint density at radius 1 is 1.55 bits per heavy atom. The van der Waals surface area contributed by atoms with Crippen molar-refractivity contribution in [2.24, 2.45) is 13.0 Å². The Morgan fingerprint density at radius 2 is 2.32 bits per heavy atom. The third-order valence-electron chi connectivity index (χ3n) is 4.36. The number of rotatable bonds is 3. The van der Waals surface area contributed by atoms with E-state index >= 15 is 0 Å². The topological polar surface area (TPSA) is 58.4 Å². The zero-order valence-electron chi connectivity index (χ0n) is 13.4. The summed E-state index contributed by atoms with van der Waals surface area (Å²) in [5.41, 5.74) is 1.06. The first kappa shape index (κ1) is 15.5. The average molecular weight is 321 g/mol. The molecule has 1 fully saturated rings. The fourth-order valence-electron chi connectivity index (χ4n) is 3.15. The number of piperidine rings is 1. The van der Waals surface area contributed by atoms with Gasteiger partial charge in [-0.1, -0.05) is 13.8 Å². The first-order valence-corrected chi connectivity index (χ1v) is 8.69. The van der Waals surface area contributed by atoms with Crippen LogP contribution in [0.3, 0.4) is 0 Å². The Bertz CT molecular complexity index is 689. The van der Waals surface area contributed by atoms with Gasteiger partial charge < -0.3 is 10.0 Å². The summed E-state index contributed by atoms with van der Waals surface area (Å²) < 4.78 is 1.87. The van der Waals surface area contributed by atoms with Crippen LogP contribution >= 0.6 is 11.3 Å². The molecule has 0 bridgehead atoms. The molecule has 3 rings (SSSR count). The van der Waals surface area contributed by atoms with Gasteiger partial charge in [0.15, 0.2) is 0 Å². The van der Waals surface area contributed by atoms with Gasteiger partial charge in [0.1, 0.15) is 4.83 Å². The number of carbonyl (C=O) groups excluding carboxylic acids is 1. The number of carbonyl (C=O) groups is 1. The predicted molar refractivity (Wildman–Crippen MR) is 88.4 cm³/mol. The maximum Gasteiger partial charge on any atom is 0.264 e. The summed E-state index contributed by atoms with van der Waals surface area (Å²) >= 11 is 1.52. The average Bonchev–Trinajstić information content (AvgIpc) is 3.07. The highest BCUT2D eigenvalue weighted by Crippen LogP contribution is 2.32. The van der Waals surface area contributed by atoms with E-state index in [9.17, 15) is 9.90 Å². The van der Waals surface area contributed by atoms with Gasteiger partial charge in [0, 0.05) is 32.1 Å². The van der Waals surface area contributed by atoms with Crippen molar-refractivity contribution < 1.29 is 9.90 Å². The second-order valence-electron chi connectivity index (χ2n) is 6.44. The van der Waals surface area contributed by atoms with Crippen LogP contribution in [0.4, 0.5) is 0 Å². The predicted octanol–water partition coefficient (Wildman–Crippen LogP) is 2.60. The van der Waals surface area contributed by atoms with Gasteiger partial charge in [-0.25, -0.2) is 0 Å². The minimum Gasteiger partial charge on any atom is -0.396 e. The molecule has 5 nitrogen and oxygen atoms in total. The van der Waals surface area contributed by atoms with Crippen molar-refractivity contribution in [1.29, 1.82) is 0 Å². The quantitative estimate of drug-likeness (QED) is 0.945. The molecular weight excluding hydrogens is 298 g/mol. The van der Waals surface area contributed by atoms with Gasteiger partial charge in [-0.05, 0) is 30.7 Å². The second kappa shape index (κ2) is 6.01. The minimum absolute atomic E-state index is 0.0917. The lowest BCUT2D eigenvalue weighted by atomic mass is 9.99. The molecule has 1 aliphatic rings. The molecule has 1 saturated heterocycles. The zero-order valence-corrected chi connectivity index (χ0v) is 14.2. The maximum atomic E-state index is 12.7. The Kier molecular flexibility index (Phi) is 4.23. The molecule has 0 spiro atoms. The lowest BCUT2D eigenvalue weighted by Crippen LogP contribution is -2.40. The smallest absolute Gasteiger partial charge is 0.264 e. The van der Waals surface area contributed by atoms with E-state index in [4.69, 9.17) is 0 Å². The SMILES string of the molecule is CC(C)c1nn(C)c2sc(C(=O)N3CCCC(CO)C3)cc12. The van der Waals surface area contributed by atoms with Crippen LogP contribution < -0.4 is 0 Å². The monoisotopic (exact) mass is 321 g/mol. The molecular formula is C16H23N3O2S. The Hall–Kier alpha value is -1.40. The van der Waals surface area contributed by atoms with Crippen molar-refractivity contribution in [1.82, 2.24) is 14.7 Å². The first-order valence-electron chi connectivity index (χ1n) is 7.87. The van der Waals surface area contributed by atoms with Crippen LogP contribution in [0.15, 0.2) is 6.07 Å². The molecule has 22 heavy (non-hydrogen) atoms. The van der Waals surface area contributed by atoms with Gasteiger partial charge in [0.25, 0.3) is 5.91 Å². The number of likely N-dealkylation sites (tertiary alicyclic amines) is 1. The van der Waals surface area contributed by atoms with E-state index in [2.05, 4.69) is 18.9 Å². The number of thiophene rings is 1. The molecule has 120 valence electrons. The molecule has 1 atom stereocenters. The number of fused-ring (bicyclic) bond motifs is 1. The lowest BCUT2D eigenvalue weighted by Gasteiger charge is -2.31. The third-order valence-corrected chi connectivity index (χ3v) is 5.55. The molecule has 1 aliphatic heterocycles. The molecule has 2 aromatic rings. The standard InChI is InChI=1S/C16H23N3O2S/c1-10(2)14-12-7-13(22-16(12)18(3)17-14)15(21)19-6-4-5-11(8-19)9-20/h7,10-11,20H,4-6,8-9H2,1-3H3. The van der Waals surface area contributed by atoms with Gasteiger partial charge in [-0.15, -0.1) is 11.3 Å². The van der Waals surface area contributed by atoms with Crippen molar-refractivity contribution in [2.45, 2.75) is 32.6 Å². The van der Waals surface area contributed by atoms with E-state index < -0.39 is 0 Å². The molecule has 0 aromatic carbocycles. The highest BCUT2D eigenvalue weighted by atomic mass is 32.1. The molecule has 2 aromatic heterocycles. The minimum atomic E-state index is 0.0917. The highest BCUT2D eigenvalue weighted by Gasteiger charge is 2.26. The van der Waals surface area contributed by atoms with Gasteiger partial charge in [-0.3, -0.25) is 9.48 Å². The molecule has 1 amide bonds. The van der Waals surface area contributed by atoms with Crippen LogP contribution in [0.5, 0.6) is 0 Å². The number of hydrogen-bond donors (Lipinski definition) is 1. The van der Waals surface area contributed by atoms with Crippen LogP contribution in [-0.4, -0.2) is 45.4 Å². The van der Waals surface area contributed by atoms with Crippen molar-refractivity contribution >= 4 is 27.5 Å². The first-order chi connectivity index (χ1) is 10.5. The number of aromatic nitrogens is 2. The van der Waals surface area contributed by atoms with Crippen molar-refractivity contribution in [3.05, 3.63) is 16.6 Å². The summed E-state index contributed by atoms with van der Waals surface area (Å²) in [5.74, 6) is 0.657.